The van der Waals surface area contributed by atoms with Gasteiger partial charge >= 0.3 is 0 Å². The van der Waals surface area contributed by atoms with Crippen LogP contribution in [-0.4, -0.2) is 17.3 Å². The molecule has 0 spiro atoms. The molecule has 1 unspecified atom stereocenters. The molecule has 0 aliphatic carbocycles. The number of hydrogen-bond acceptors (Lipinski definition) is 4. The van der Waals surface area contributed by atoms with Gasteiger partial charge in [-0.2, -0.15) is 0 Å². The lowest BCUT2D eigenvalue weighted by atomic mass is 10.1. The summed E-state index contributed by atoms with van der Waals surface area (Å²) in [4.78, 5) is 0. The SMILES string of the molecule is COC(c1ccccc1)c1nnc(Br)s1. The summed E-state index contributed by atoms with van der Waals surface area (Å²) in [5, 5.41) is 8.83. The fourth-order valence-corrected chi connectivity index (χ4v) is 2.58. The number of hydrogen-bond donors (Lipinski definition) is 0. The molecule has 0 amide bonds. The molecule has 2 aromatic rings. The van der Waals surface area contributed by atoms with Crippen LogP contribution in [-0.2, 0) is 4.74 Å². The van der Waals surface area contributed by atoms with Crippen molar-refractivity contribution in [3.63, 3.8) is 0 Å². The van der Waals surface area contributed by atoms with E-state index in [-0.39, 0.29) is 6.10 Å². The molecular weight excluding hydrogens is 276 g/mol. The summed E-state index contributed by atoms with van der Waals surface area (Å²) in [6.45, 7) is 0. The summed E-state index contributed by atoms with van der Waals surface area (Å²) in [6, 6.07) is 9.98. The predicted molar refractivity (Wildman–Crippen MR) is 62.9 cm³/mol. The summed E-state index contributed by atoms with van der Waals surface area (Å²) in [5.41, 5.74) is 1.09. The molecule has 5 heteroatoms. The molecule has 0 bridgehead atoms. The molecule has 0 aliphatic rings. The Morgan fingerprint density at radius 2 is 2.00 bits per heavy atom. The van der Waals surface area contributed by atoms with E-state index in [2.05, 4.69) is 26.1 Å². The van der Waals surface area contributed by atoms with E-state index in [9.17, 15) is 0 Å². The highest BCUT2D eigenvalue weighted by Gasteiger charge is 2.17. The van der Waals surface area contributed by atoms with Crippen molar-refractivity contribution < 1.29 is 4.74 Å². The van der Waals surface area contributed by atoms with Gasteiger partial charge in [-0.1, -0.05) is 41.7 Å². The third-order valence-electron chi connectivity index (χ3n) is 1.98. The maximum atomic E-state index is 5.42. The monoisotopic (exact) mass is 284 g/mol. The van der Waals surface area contributed by atoms with Crippen LogP contribution < -0.4 is 0 Å². The Labute approximate surface area is 100 Å². The van der Waals surface area contributed by atoms with Crippen LogP contribution in [0.1, 0.15) is 16.7 Å². The second-order valence-electron chi connectivity index (χ2n) is 2.92. The largest absolute Gasteiger partial charge is 0.369 e. The van der Waals surface area contributed by atoms with Gasteiger partial charge in [0, 0.05) is 7.11 Å². The van der Waals surface area contributed by atoms with E-state index >= 15 is 0 Å². The maximum Gasteiger partial charge on any atom is 0.183 e. The van der Waals surface area contributed by atoms with Crippen molar-refractivity contribution in [1.29, 1.82) is 0 Å². The van der Waals surface area contributed by atoms with Crippen LogP contribution in [0.5, 0.6) is 0 Å². The molecule has 1 heterocycles. The standard InChI is InChI=1S/C10H9BrN2OS/c1-14-8(7-5-3-2-4-6-7)9-12-13-10(11)15-9/h2-6,8H,1H3. The molecule has 0 aliphatic heterocycles. The third kappa shape index (κ3) is 2.42. The molecular formula is C10H9BrN2OS. The average Bonchev–Trinajstić information content (AvgIpc) is 2.68. The first kappa shape index (κ1) is 10.7. The Bertz CT molecular complexity index is 432. The highest BCUT2D eigenvalue weighted by atomic mass is 79.9. The molecule has 15 heavy (non-hydrogen) atoms. The molecule has 0 fully saturated rings. The smallest absolute Gasteiger partial charge is 0.183 e. The van der Waals surface area contributed by atoms with E-state index in [1.54, 1.807) is 7.11 Å². The number of ether oxygens (including phenoxy) is 1. The average molecular weight is 285 g/mol. The molecule has 0 saturated carbocycles. The van der Waals surface area contributed by atoms with E-state index in [4.69, 9.17) is 4.74 Å². The summed E-state index contributed by atoms with van der Waals surface area (Å²) < 4.78 is 6.20. The highest BCUT2D eigenvalue weighted by molar-refractivity contribution is 9.11. The van der Waals surface area contributed by atoms with Crippen molar-refractivity contribution in [2.75, 3.05) is 7.11 Å². The molecule has 0 N–H and O–H groups in total. The first-order chi connectivity index (χ1) is 7.31. The lowest BCUT2D eigenvalue weighted by Crippen LogP contribution is -2.02. The van der Waals surface area contributed by atoms with Crippen LogP contribution in [0.2, 0.25) is 0 Å². The Kier molecular flexibility index (Phi) is 3.45. The van der Waals surface area contributed by atoms with E-state index < -0.39 is 0 Å². The quantitative estimate of drug-likeness (QED) is 0.869. The van der Waals surface area contributed by atoms with Crippen molar-refractivity contribution in [1.82, 2.24) is 10.2 Å². The predicted octanol–water partition coefficient (Wildman–Crippen LogP) is 3.04. The van der Waals surface area contributed by atoms with Gasteiger partial charge in [-0.25, -0.2) is 0 Å². The minimum atomic E-state index is -0.130. The minimum Gasteiger partial charge on any atom is -0.369 e. The lowest BCUT2D eigenvalue weighted by molar-refractivity contribution is 0.135. The third-order valence-corrected chi connectivity index (χ3v) is 3.38. The van der Waals surface area contributed by atoms with Crippen LogP contribution in [0, 0.1) is 0 Å². The second kappa shape index (κ2) is 4.83. The van der Waals surface area contributed by atoms with E-state index in [0.29, 0.717) is 0 Å². The van der Waals surface area contributed by atoms with Crippen molar-refractivity contribution in [2.24, 2.45) is 0 Å². The van der Waals surface area contributed by atoms with Crippen LogP contribution in [0.15, 0.2) is 34.2 Å². The first-order valence-electron chi connectivity index (χ1n) is 4.38. The Morgan fingerprint density at radius 3 is 2.53 bits per heavy atom. The molecule has 78 valence electrons. The van der Waals surface area contributed by atoms with Crippen LogP contribution >= 0.6 is 27.3 Å². The highest BCUT2D eigenvalue weighted by Crippen LogP contribution is 2.29. The Balaban J connectivity index is 2.33. The van der Waals surface area contributed by atoms with Gasteiger partial charge in [0.25, 0.3) is 0 Å². The van der Waals surface area contributed by atoms with Gasteiger partial charge in [0.1, 0.15) is 6.10 Å². The zero-order valence-corrected chi connectivity index (χ0v) is 10.5. The van der Waals surface area contributed by atoms with Crippen LogP contribution in [0.25, 0.3) is 0 Å². The van der Waals surface area contributed by atoms with E-state index in [1.165, 1.54) is 11.3 Å². The Morgan fingerprint density at radius 1 is 1.27 bits per heavy atom. The second-order valence-corrected chi connectivity index (χ2v) is 5.20. The fourth-order valence-electron chi connectivity index (χ4n) is 1.33. The molecule has 1 atom stereocenters. The molecule has 0 radical (unpaired) electrons. The normalized spacial score (nSPS) is 12.7. The van der Waals surface area contributed by atoms with Gasteiger partial charge < -0.3 is 4.74 Å². The molecule has 2 rings (SSSR count). The summed E-state index contributed by atoms with van der Waals surface area (Å²) >= 11 is 4.78. The Hall–Kier alpha value is -0.780. The molecule has 1 aromatic heterocycles. The zero-order chi connectivity index (χ0) is 10.7. The maximum absolute atomic E-state index is 5.42. The van der Waals surface area contributed by atoms with Gasteiger partial charge in [0.2, 0.25) is 0 Å². The van der Waals surface area contributed by atoms with Crippen molar-refractivity contribution in [2.45, 2.75) is 6.10 Å². The number of halogens is 1. The number of methoxy groups -OCH3 is 1. The summed E-state index contributed by atoms with van der Waals surface area (Å²) in [6.07, 6.45) is -0.130. The fraction of sp³-hybridized carbons (Fsp3) is 0.200. The van der Waals surface area contributed by atoms with Gasteiger partial charge in [0.15, 0.2) is 8.92 Å². The summed E-state index contributed by atoms with van der Waals surface area (Å²) in [5.74, 6) is 0. The van der Waals surface area contributed by atoms with Gasteiger partial charge in [-0.15, -0.1) is 10.2 Å². The number of aromatic nitrogens is 2. The molecule has 3 nitrogen and oxygen atoms in total. The number of benzene rings is 1. The van der Waals surface area contributed by atoms with E-state index in [0.717, 1.165) is 14.5 Å². The number of rotatable bonds is 3. The summed E-state index contributed by atoms with van der Waals surface area (Å²) in [7, 11) is 1.67. The van der Waals surface area contributed by atoms with Crippen LogP contribution in [0.3, 0.4) is 0 Å². The van der Waals surface area contributed by atoms with Crippen molar-refractivity contribution in [3.05, 3.63) is 44.8 Å². The first-order valence-corrected chi connectivity index (χ1v) is 5.99. The van der Waals surface area contributed by atoms with Crippen molar-refractivity contribution >= 4 is 27.3 Å². The van der Waals surface area contributed by atoms with Gasteiger partial charge in [0.05, 0.1) is 0 Å². The lowest BCUT2D eigenvalue weighted by Gasteiger charge is -2.11. The van der Waals surface area contributed by atoms with Gasteiger partial charge in [-0.3, -0.25) is 0 Å². The van der Waals surface area contributed by atoms with Gasteiger partial charge in [-0.05, 0) is 21.5 Å². The minimum absolute atomic E-state index is 0.130. The number of nitrogens with zero attached hydrogens (tertiary/aromatic N) is 2. The molecule has 1 aromatic carbocycles. The van der Waals surface area contributed by atoms with Crippen molar-refractivity contribution in [3.8, 4) is 0 Å². The zero-order valence-electron chi connectivity index (χ0n) is 8.05. The molecule has 0 saturated heterocycles. The topological polar surface area (TPSA) is 35.0 Å². The van der Waals surface area contributed by atoms with Crippen LogP contribution in [0.4, 0.5) is 0 Å². The van der Waals surface area contributed by atoms with E-state index in [1.807, 2.05) is 30.3 Å².